The third-order valence-corrected chi connectivity index (χ3v) is 1.70. The summed E-state index contributed by atoms with van der Waals surface area (Å²) in [6.07, 6.45) is 0.498. The molecule has 0 aromatic carbocycles. The lowest BCUT2D eigenvalue weighted by molar-refractivity contribution is 0.400. The molecule has 0 atom stereocenters. The van der Waals surface area contributed by atoms with Gasteiger partial charge in [-0.15, -0.1) is 0 Å². The van der Waals surface area contributed by atoms with Gasteiger partial charge in [-0.05, 0) is 23.6 Å². The minimum atomic E-state index is 0.357. The first-order valence-electron chi connectivity index (χ1n) is 4.58. The topological polar surface area (TPSA) is 96.9 Å². The van der Waals surface area contributed by atoms with Gasteiger partial charge in [0.05, 0.1) is 12.8 Å². The Bertz CT molecular complexity index is 468. The molecule has 0 amide bonds. The number of pyridine rings is 1. The van der Waals surface area contributed by atoms with Gasteiger partial charge in [0.2, 0.25) is 5.88 Å². The van der Waals surface area contributed by atoms with E-state index in [0.717, 1.165) is 0 Å². The average Bonchev–Trinajstić information content (AvgIpc) is 2.31. The normalized spacial score (nSPS) is 8.56. The van der Waals surface area contributed by atoms with Gasteiger partial charge in [0, 0.05) is 17.9 Å². The van der Waals surface area contributed by atoms with Crippen molar-refractivity contribution in [2.45, 2.75) is 6.42 Å². The summed E-state index contributed by atoms with van der Waals surface area (Å²) in [7, 11) is 1.50. The number of anilines is 1. The van der Waals surface area contributed by atoms with Crippen molar-refractivity contribution >= 4 is 5.69 Å². The van der Waals surface area contributed by atoms with Gasteiger partial charge in [-0.3, -0.25) is 0 Å². The molecule has 0 saturated carbocycles. The van der Waals surface area contributed by atoms with Crippen molar-refractivity contribution in [2.75, 3.05) is 19.4 Å². The van der Waals surface area contributed by atoms with Crippen LogP contribution in [-0.4, -0.2) is 18.6 Å². The summed E-state index contributed by atoms with van der Waals surface area (Å²) in [4.78, 5) is 6.71. The zero-order valence-corrected chi connectivity index (χ0v) is 8.84. The van der Waals surface area contributed by atoms with Gasteiger partial charge in [0.25, 0.3) is 0 Å². The van der Waals surface area contributed by atoms with Crippen LogP contribution in [0.15, 0.2) is 17.2 Å². The molecule has 0 fully saturated rings. The summed E-state index contributed by atoms with van der Waals surface area (Å²) < 4.78 is 4.96. The van der Waals surface area contributed by atoms with Gasteiger partial charge < -0.3 is 10.5 Å². The number of rotatable bonds is 3. The number of nitrogens with two attached hydrogens (primary N) is 1. The molecule has 0 bridgehead atoms. The Morgan fingerprint density at radius 3 is 3.12 bits per heavy atom. The zero-order chi connectivity index (χ0) is 11.8. The van der Waals surface area contributed by atoms with Crippen molar-refractivity contribution in [3.63, 3.8) is 0 Å². The number of hydrogen-bond donors (Lipinski definition) is 1. The lowest BCUT2D eigenvalue weighted by Gasteiger charge is -2.01. The SMILES string of the molecule is COc1nc(C#CCCN=[N+]=[N-])ccc1N. The maximum Gasteiger partial charge on any atom is 0.238 e. The molecule has 82 valence electrons. The summed E-state index contributed by atoms with van der Waals surface area (Å²) in [5, 5.41) is 3.36. The fraction of sp³-hybridized carbons (Fsp3) is 0.300. The van der Waals surface area contributed by atoms with E-state index in [4.69, 9.17) is 16.0 Å². The van der Waals surface area contributed by atoms with Crippen molar-refractivity contribution in [1.82, 2.24) is 4.98 Å². The molecule has 0 saturated heterocycles. The van der Waals surface area contributed by atoms with E-state index in [1.807, 2.05) is 0 Å². The summed E-state index contributed by atoms with van der Waals surface area (Å²) in [6.45, 7) is 0.357. The lowest BCUT2D eigenvalue weighted by atomic mass is 10.3. The third-order valence-electron chi connectivity index (χ3n) is 1.70. The molecule has 6 nitrogen and oxygen atoms in total. The van der Waals surface area contributed by atoms with E-state index < -0.39 is 0 Å². The van der Waals surface area contributed by atoms with Crippen LogP contribution in [0.3, 0.4) is 0 Å². The highest BCUT2D eigenvalue weighted by Gasteiger charge is 1.99. The maximum atomic E-state index is 8.05. The van der Waals surface area contributed by atoms with E-state index in [0.29, 0.717) is 30.2 Å². The second kappa shape index (κ2) is 6.17. The van der Waals surface area contributed by atoms with Crippen molar-refractivity contribution in [3.8, 4) is 17.7 Å². The van der Waals surface area contributed by atoms with Crippen molar-refractivity contribution in [2.24, 2.45) is 5.11 Å². The molecule has 2 N–H and O–H groups in total. The monoisotopic (exact) mass is 217 g/mol. The lowest BCUT2D eigenvalue weighted by Crippen LogP contribution is -1.96. The first-order chi connectivity index (χ1) is 7.77. The molecular formula is C10H11N5O. The number of nitrogen functional groups attached to an aromatic ring is 1. The highest BCUT2D eigenvalue weighted by molar-refractivity contribution is 5.50. The molecule has 0 radical (unpaired) electrons. The van der Waals surface area contributed by atoms with E-state index in [9.17, 15) is 0 Å². The number of aromatic nitrogens is 1. The van der Waals surface area contributed by atoms with Crippen LogP contribution in [0, 0.1) is 11.8 Å². The van der Waals surface area contributed by atoms with Crippen LogP contribution in [0.25, 0.3) is 10.4 Å². The number of hydrogen-bond acceptors (Lipinski definition) is 4. The molecule has 1 heterocycles. The van der Waals surface area contributed by atoms with Crippen LogP contribution in [-0.2, 0) is 0 Å². The second-order valence-electron chi connectivity index (χ2n) is 2.80. The number of ether oxygens (including phenoxy) is 1. The van der Waals surface area contributed by atoms with Gasteiger partial charge in [0.1, 0.15) is 5.69 Å². The molecule has 0 aliphatic heterocycles. The highest BCUT2D eigenvalue weighted by Crippen LogP contribution is 2.16. The molecule has 6 heteroatoms. The fourth-order valence-electron chi connectivity index (χ4n) is 0.988. The zero-order valence-electron chi connectivity index (χ0n) is 8.84. The predicted molar refractivity (Wildman–Crippen MR) is 60.7 cm³/mol. The van der Waals surface area contributed by atoms with E-state index in [1.165, 1.54) is 7.11 Å². The van der Waals surface area contributed by atoms with Gasteiger partial charge >= 0.3 is 0 Å². The molecule has 1 rings (SSSR count). The molecule has 1 aromatic heterocycles. The van der Waals surface area contributed by atoms with E-state index in [2.05, 4.69) is 26.9 Å². The summed E-state index contributed by atoms with van der Waals surface area (Å²) in [5.41, 5.74) is 14.7. The Morgan fingerprint density at radius 1 is 1.62 bits per heavy atom. The average molecular weight is 217 g/mol. The largest absolute Gasteiger partial charge is 0.479 e. The quantitative estimate of drug-likeness (QED) is 0.274. The molecule has 1 aromatic rings. The fourth-order valence-corrected chi connectivity index (χ4v) is 0.988. The van der Waals surface area contributed by atoms with Crippen LogP contribution in [0.4, 0.5) is 5.69 Å². The minimum Gasteiger partial charge on any atom is -0.479 e. The maximum absolute atomic E-state index is 8.05. The van der Waals surface area contributed by atoms with E-state index in [-0.39, 0.29) is 0 Å². The molecule has 0 unspecified atom stereocenters. The number of nitrogens with zero attached hydrogens (tertiary/aromatic N) is 4. The smallest absolute Gasteiger partial charge is 0.238 e. The van der Waals surface area contributed by atoms with Crippen LogP contribution in [0.1, 0.15) is 12.1 Å². The van der Waals surface area contributed by atoms with Crippen molar-refractivity contribution in [3.05, 3.63) is 28.3 Å². The Labute approximate surface area is 93.1 Å². The van der Waals surface area contributed by atoms with Gasteiger partial charge in [0.15, 0.2) is 0 Å². The molecule has 0 aliphatic carbocycles. The minimum absolute atomic E-state index is 0.357. The predicted octanol–water partition coefficient (Wildman–Crippen LogP) is 1.72. The highest BCUT2D eigenvalue weighted by atomic mass is 16.5. The number of azide groups is 1. The molecule has 16 heavy (non-hydrogen) atoms. The molecule has 0 spiro atoms. The number of methoxy groups -OCH3 is 1. The van der Waals surface area contributed by atoms with E-state index in [1.54, 1.807) is 12.1 Å². The Morgan fingerprint density at radius 2 is 2.44 bits per heavy atom. The Kier molecular flexibility index (Phi) is 4.51. The Hall–Kier alpha value is -2.38. The van der Waals surface area contributed by atoms with Gasteiger partial charge in [-0.2, -0.15) is 0 Å². The summed E-state index contributed by atoms with van der Waals surface area (Å²) in [6, 6.07) is 3.39. The third kappa shape index (κ3) is 3.40. The first-order valence-corrected chi connectivity index (χ1v) is 4.58. The van der Waals surface area contributed by atoms with Crippen molar-refractivity contribution < 1.29 is 4.74 Å². The van der Waals surface area contributed by atoms with E-state index >= 15 is 0 Å². The van der Waals surface area contributed by atoms with Gasteiger partial charge in [-0.25, -0.2) is 4.98 Å². The molecule has 0 aliphatic rings. The van der Waals surface area contributed by atoms with Crippen molar-refractivity contribution in [1.29, 1.82) is 0 Å². The summed E-state index contributed by atoms with van der Waals surface area (Å²) >= 11 is 0. The summed E-state index contributed by atoms with van der Waals surface area (Å²) in [5.74, 6) is 6.02. The molecular weight excluding hydrogens is 206 g/mol. The van der Waals surface area contributed by atoms with Crippen LogP contribution in [0.5, 0.6) is 5.88 Å². The first kappa shape index (κ1) is 11.7. The van der Waals surface area contributed by atoms with Crippen LogP contribution < -0.4 is 10.5 Å². The van der Waals surface area contributed by atoms with Crippen LogP contribution in [0.2, 0.25) is 0 Å². The second-order valence-corrected chi connectivity index (χ2v) is 2.80. The van der Waals surface area contributed by atoms with Crippen LogP contribution >= 0.6 is 0 Å². The van der Waals surface area contributed by atoms with Gasteiger partial charge in [-0.1, -0.05) is 11.0 Å². The Balaban J connectivity index is 2.70. The standard InChI is InChI=1S/C10H11N5O/c1-16-10-9(11)6-5-8(14-10)4-2-3-7-13-15-12/h5-6H,3,7,11H2,1H3.